The van der Waals surface area contributed by atoms with Gasteiger partial charge in [0.25, 0.3) is 0 Å². The minimum absolute atomic E-state index is 0.0310. The van der Waals surface area contributed by atoms with Gasteiger partial charge >= 0.3 is 0 Å². The van der Waals surface area contributed by atoms with E-state index < -0.39 is 0 Å². The summed E-state index contributed by atoms with van der Waals surface area (Å²) in [4.78, 5) is 0. The number of hydrogen-bond donors (Lipinski definition) is 0. The molecule has 4 atom stereocenters. The molecule has 0 aliphatic rings. The third-order valence-corrected chi connectivity index (χ3v) is 2.95. The predicted octanol–water partition coefficient (Wildman–Crippen LogP) is 2.13. The minimum atomic E-state index is -0.0950. The molecule has 0 aliphatic carbocycles. The first-order chi connectivity index (χ1) is 6.45. The molecule has 0 spiro atoms. The van der Waals surface area contributed by atoms with Gasteiger partial charge in [-0.05, 0) is 0 Å². The van der Waals surface area contributed by atoms with Crippen LogP contribution in [-0.2, 0) is 0 Å². The maximum atomic E-state index is 6.10. The molecular weight excluding hydrogens is 163 g/mol. The van der Waals surface area contributed by atoms with Crippen molar-refractivity contribution in [2.75, 3.05) is 0 Å². The van der Waals surface area contributed by atoms with E-state index in [-0.39, 0.29) is 23.4 Å². The molecule has 0 nitrogen and oxygen atoms in total. The Morgan fingerprint density at radius 1 is 1.00 bits per heavy atom. The molecule has 4 unspecified atom stereocenters. The van der Waals surface area contributed by atoms with Crippen LogP contribution in [0.1, 0.15) is 27.2 Å². The van der Waals surface area contributed by atoms with E-state index in [1.54, 1.807) is 0 Å². The number of hydrogen-bond acceptors (Lipinski definition) is 0. The molecule has 0 rings (SSSR count). The van der Waals surface area contributed by atoms with Crippen molar-refractivity contribution in [3.63, 3.8) is 0 Å². The van der Waals surface area contributed by atoms with Gasteiger partial charge in [-0.15, -0.1) is 0 Å². The van der Waals surface area contributed by atoms with Crippen LogP contribution in [0, 0.1) is 11.8 Å². The zero-order valence-corrected chi connectivity index (χ0v) is 9.61. The summed E-state index contributed by atoms with van der Waals surface area (Å²) in [6.45, 7) is 6.22. The van der Waals surface area contributed by atoms with E-state index in [1.165, 1.54) is 0 Å². The average molecular weight is 182 g/mol. The summed E-state index contributed by atoms with van der Waals surface area (Å²) in [5.41, 5.74) is 0. The van der Waals surface area contributed by atoms with Crippen LogP contribution in [0.3, 0.4) is 0 Å². The molecule has 0 saturated carbocycles. The highest BCUT2D eigenvalue weighted by Crippen LogP contribution is 2.41. The predicted molar refractivity (Wildman–Crippen MR) is 67.7 cm³/mol. The monoisotopic (exact) mass is 182 g/mol. The van der Waals surface area contributed by atoms with Crippen molar-refractivity contribution < 1.29 is 0 Å². The van der Waals surface area contributed by atoms with E-state index in [4.69, 9.17) is 31.4 Å². The highest BCUT2D eigenvalue weighted by atomic mass is 14.3. The topological polar surface area (TPSA) is 0 Å². The van der Waals surface area contributed by atoms with Gasteiger partial charge in [-0.1, -0.05) is 62.8 Å². The molecule has 4 heteroatoms. The van der Waals surface area contributed by atoms with E-state index in [2.05, 4.69) is 13.8 Å². The summed E-state index contributed by atoms with van der Waals surface area (Å²) in [6.07, 6.45) is 1.33. The van der Waals surface area contributed by atoms with Crippen LogP contribution in [0.2, 0.25) is 23.8 Å². The summed E-state index contributed by atoms with van der Waals surface area (Å²) in [7, 11) is 23.6. The summed E-state index contributed by atoms with van der Waals surface area (Å²) < 4.78 is 0. The SMILES string of the molecule is [B]CC([B])C(C([B])CC)C([B])C(C)C. The van der Waals surface area contributed by atoms with Gasteiger partial charge in [0.15, 0.2) is 0 Å². The number of rotatable bonds is 6. The molecule has 0 aliphatic heterocycles. The molecule has 0 amide bonds. The Morgan fingerprint density at radius 2 is 1.50 bits per heavy atom. The molecule has 70 valence electrons. The zero-order valence-electron chi connectivity index (χ0n) is 9.61. The smallest absolute Gasteiger partial charge is 0.0706 e. The fourth-order valence-electron chi connectivity index (χ4n) is 1.76. The lowest BCUT2D eigenvalue weighted by Gasteiger charge is -2.37. The van der Waals surface area contributed by atoms with Crippen molar-refractivity contribution >= 4 is 31.4 Å². The molecule has 0 aromatic carbocycles. The highest BCUT2D eigenvalue weighted by molar-refractivity contribution is 6.21. The van der Waals surface area contributed by atoms with Crippen LogP contribution in [0.5, 0.6) is 0 Å². The summed E-state index contributed by atoms with van der Waals surface area (Å²) >= 11 is 0. The van der Waals surface area contributed by atoms with Crippen molar-refractivity contribution in [1.29, 1.82) is 0 Å². The van der Waals surface area contributed by atoms with Crippen LogP contribution >= 0.6 is 0 Å². The van der Waals surface area contributed by atoms with E-state index in [0.717, 1.165) is 6.42 Å². The molecule has 0 fully saturated rings. The quantitative estimate of drug-likeness (QED) is 0.551. The molecular formula is C10H18B4. The van der Waals surface area contributed by atoms with Gasteiger partial charge in [0.2, 0.25) is 0 Å². The van der Waals surface area contributed by atoms with Crippen molar-refractivity contribution in [1.82, 2.24) is 0 Å². The van der Waals surface area contributed by atoms with Crippen LogP contribution in [0.25, 0.3) is 0 Å². The normalized spacial score (nSPS) is 20.3. The molecule has 0 heterocycles. The maximum Gasteiger partial charge on any atom is 0.0706 e. The Morgan fingerprint density at radius 3 is 1.79 bits per heavy atom. The van der Waals surface area contributed by atoms with Gasteiger partial charge in [-0.3, -0.25) is 0 Å². The van der Waals surface area contributed by atoms with Crippen LogP contribution in [0.4, 0.5) is 0 Å². The molecule has 0 aromatic heterocycles. The van der Waals surface area contributed by atoms with E-state index in [1.807, 2.05) is 6.92 Å². The average Bonchev–Trinajstić information content (AvgIpc) is 2.16. The molecule has 8 radical (unpaired) electrons. The largest absolute Gasteiger partial charge is 0.0933 e. The van der Waals surface area contributed by atoms with Crippen molar-refractivity contribution in [2.24, 2.45) is 11.8 Å². The summed E-state index contributed by atoms with van der Waals surface area (Å²) in [5, 5.41) is 0. The second-order valence-corrected chi connectivity index (χ2v) is 4.37. The fraction of sp³-hybridized carbons (Fsp3) is 1.00. The van der Waals surface area contributed by atoms with Gasteiger partial charge in [-0.2, -0.15) is 0 Å². The van der Waals surface area contributed by atoms with Crippen LogP contribution < -0.4 is 0 Å². The lowest BCUT2D eigenvalue weighted by Crippen LogP contribution is -2.24. The Labute approximate surface area is 94.6 Å². The van der Waals surface area contributed by atoms with Crippen molar-refractivity contribution in [2.45, 2.75) is 51.0 Å². The molecule has 14 heavy (non-hydrogen) atoms. The van der Waals surface area contributed by atoms with Crippen LogP contribution in [-0.4, -0.2) is 31.4 Å². The summed E-state index contributed by atoms with van der Waals surface area (Å²) in [5.74, 6) is 0.483. The fourth-order valence-corrected chi connectivity index (χ4v) is 1.76. The van der Waals surface area contributed by atoms with Crippen LogP contribution in [0.15, 0.2) is 0 Å². The third-order valence-electron chi connectivity index (χ3n) is 2.95. The Balaban J connectivity index is 4.53. The second kappa shape index (κ2) is 6.69. The van der Waals surface area contributed by atoms with Crippen molar-refractivity contribution in [3.05, 3.63) is 0 Å². The Bertz CT molecular complexity index is 139. The zero-order chi connectivity index (χ0) is 11.3. The highest BCUT2D eigenvalue weighted by Gasteiger charge is 2.27. The van der Waals surface area contributed by atoms with Gasteiger partial charge in [-0.25, -0.2) is 0 Å². The lowest BCUT2D eigenvalue weighted by atomic mass is 9.51. The van der Waals surface area contributed by atoms with Gasteiger partial charge in [0.1, 0.15) is 0 Å². The molecule has 0 N–H and O–H groups in total. The first-order valence-electron chi connectivity index (χ1n) is 5.42. The van der Waals surface area contributed by atoms with Crippen molar-refractivity contribution in [3.8, 4) is 0 Å². The standard InChI is InChI=1S/C10H18B4/c1-4-7(12)9(8(13)5-11)10(14)6(2)3/h6-10H,4-5H2,1-3H3. The first-order valence-corrected chi connectivity index (χ1v) is 5.42. The Kier molecular flexibility index (Phi) is 6.81. The van der Waals surface area contributed by atoms with Gasteiger partial charge in [0, 0.05) is 0 Å². The second-order valence-electron chi connectivity index (χ2n) is 4.37. The summed E-state index contributed by atoms with van der Waals surface area (Å²) in [6, 6.07) is 0. The lowest BCUT2D eigenvalue weighted by molar-refractivity contribution is 0.375. The first kappa shape index (κ1) is 14.3. The molecule has 0 aromatic rings. The maximum absolute atomic E-state index is 6.10. The van der Waals surface area contributed by atoms with Gasteiger partial charge < -0.3 is 0 Å². The van der Waals surface area contributed by atoms with E-state index in [9.17, 15) is 0 Å². The minimum Gasteiger partial charge on any atom is -0.0933 e. The van der Waals surface area contributed by atoms with Gasteiger partial charge in [0.05, 0.1) is 31.4 Å². The third kappa shape index (κ3) is 3.79. The Hall–Kier alpha value is 0.260. The molecule has 0 bridgehead atoms. The molecule has 0 saturated heterocycles. The van der Waals surface area contributed by atoms with E-state index >= 15 is 0 Å². The van der Waals surface area contributed by atoms with E-state index in [0.29, 0.717) is 12.2 Å².